The molecule has 1 N–H and O–H groups in total. The highest BCUT2D eigenvalue weighted by molar-refractivity contribution is 7.07. The zero-order valence-corrected chi connectivity index (χ0v) is 14.4. The Labute approximate surface area is 148 Å². The number of hydrogen-bond donors (Lipinski definition) is 1. The number of rotatable bonds is 5. The largest absolute Gasteiger partial charge is 0.337 e. The molecule has 3 aromatic rings. The van der Waals surface area contributed by atoms with Crippen LogP contribution in [0.2, 0.25) is 0 Å². The number of benzene rings is 1. The average molecular weight is 355 g/mol. The second-order valence-corrected chi connectivity index (χ2v) is 6.27. The maximum absolute atomic E-state index is 12.3. The molecule has 0 radical (unpaired) electrons. The standard InChI is InChI=1S/C17H17N5O2S/c1-21-9-10-25-17(21)20-16(24)13-3-2-4-14(11-13)19-15(23)5-7-22-8-6-18-12-22/h2-4,6,8-12H,5,7H2,1H3,(H,19,23). The van der Waals surface area contributed by atoms with E-state index in [0.717, 1.165) is 0 Å². The summed E-state index contributed by atoms with van der Waals surface area (Å²) in [6, 6.07) is 6.79. The van der Waals surface area contributed by atoms with Crippen LogP contribution in [0.5, 0.6) is 0 Å². The third-order valence-electron chi connectivity index (χ3n) is 3.51. The third kappa shape index (κ3) is 4.51. The van der Waals surface area contributed by atoms with Gasteiger partial charge in [-0.3, -0.25) is 9.59 Å². The summed E-state index contributed by atoms with van der Waals surface area (Å²) in [5.41, 5.74) is 1.01. The number of nitrogens with zero attached hydrogens (tertiary/aromatic N) is 4. The summed E-state index contributed by atoms with van der Waals surface area (Å²) >= 11 is 1.39. The summed E-state index contributed by atoms with van der Waals surface area (Å²) in [7, 11) is 1.83. The smallest absolute Gasteiger partial charge is 0.279 e. The quantitative estimate of drug-likeness (QED) is 0.760. The van der Waals surface area contributed by atoms with Gasteiger partial charge in [-0.25, -0.2) is 4.98 Å². The van der Waals surface area contributed by atoms with Gasteiger partial charge >= 0.3 is 0 Å². The molecule has 3 rings (SSSR count). The van der Waals surface area contributed by atoms with Crippen LogP contribution in [0, 0.1) is 0 Å². The van der Waals surface area contributed by atoms with E-state index >= 15 is 0 Å². The zero-order valence-electron chi connectivity index (χ0n) is 13.6. The summed E-state index contributed by atoms with van der Waals surface area (Å²) in [6.45, 7) is 0.550. The Morgan fingerprint density at radius 1 is 1.32 bits per heavy atom. The predicted molar refractivity (Wildman–Crippen MR) is 95.1 cm³/mol. The highest BCUT2D eigenvalue weighted by atomic mass is 32.1. The molecule has 0 spiro atoms. The first-order valence-corrected chi connectivity index (χ1v) is 8.54. The van der Waals surface area contributed by atoms with Gasteiger partial charge in [0.15, 0.2) is 4.80 Å². The van der Waals surface area contributed by atoms with Crippen molar-refractivity contribution in [2.24, 2.45) is 12.0 Å². The van der Waals surface area contributed by atoms with Crippen molar-refractivity contribution in [1.29, 1.82) is 0 Å². The number of carbonyl (C=O) groups is 2. The zero-order chi connectivity index (χ0) is 17.6. The number of nitrogens with one attached hydrogen (secondary N) is 1. The van der Waals surface area contributed by atoms with Gasteiger partial charge in [0.05, 0.1) is 6.33 Å². The summed E-state index contributed by atoms with van der Waals surface area (Å²) < 4.78 is 3.61. The lowest BCUT2D eigenvalue weighted by molar-refractivity contribution is -0.116. The number of aryl methyl sites for hydroxylation is 2. The van der Waals surface area contributed by atoms with Gasteiger partial charge < -0.3 is 14.5 Å². The van der Waals surface area contributed by atoms with E-state index in [0.29, 0.717) is 29.0 Å². The third-order valence-corrected chi connectivity index (χ3v) is 4.35. The lowest BCUT2D eigenvalue weighted by atomic mass is 10.2. The van der Waals surface area contributed by atoms with Crippen molar-refractivity contribution < 1.29 is 9.59 Å². The molecule has 128 valence electrons. The van der Waals surface area contributed by atoms with E-state index in [1.54, 1.807) is 47.6 Å². The van der Waals surface area contributed by atoms with Crippen molar-refractivity contribution in [1.82, 2.24) is 14.1 Å². The fourth-order valence-corrected chi connectivity index (χ4v) is 2.92. The first kappa shape index (κ1) is 16.8. The summed E-state index contributed by atoms with van der Waals surface area (Å²) in [5, 5.41) is 4.66. The molecule has 0 saturated carbocycles. The Kier molecular flexibility index (Phi) is 5.20. The minimum atomic E-state index is -0.340. The molecule has 0 fully saturated rings. The number of hydrogen-bond acceptors (Lipinski definition) is 4. The fraction of sp³-hybridized carbons (Fsp3) is 0.176. The van der Waals surface area contributed by atoms with E-state index in [2.05, 4.69) is 15.3 Å². The molecule has 0 saturated heterocycles. The van der Waals surface area contributed by atoms with E-state index in [9.17, 15) is 9.59 Å². The Bertz CT molecular complexity index is 940. The molecule has 0 atom stereocenters. The molecule has 8 heteroatoms. The molecular weight excluding hydrogens is 338 g/mol. The molecule has 2 amide bonds. The van der Waals surface area contributed by atoms with E-state index in [1.165, 1.54) is 11.3 Å². The fourth-order valence-electron chi connectivity index (χ4n) is 2.19. The lowest BCUT2D eigenvalue weighted by Crippen LogP contribution is -2.15. The number of imidazole rings is 1. The molecule has 0 unspecified atom stereocenters. The molecule has 2 heterocycles. The number of thiazole rings is 1. The summed E-state index contributed by atoms with van der Waals surface area (Å²) in [6.07, 6.45) is 7.30. The molecule has 1 aromatic carbocycles. The van der Waals surface area contributed by atoms with Crippen molar-refractivity contribution in [2.45, 2.75) is 13.0 Å². The van der Waals surface area contributed by atoms with Gasteiger partial charge in [-0.2, -0.15) is 4.99 Å². The average Bonchev–Trinajstić information content (AvgIpc) is 3.25. The number of aromatic nitrogens is 3. The monoisotopic (exact) mass is 355 g/mol. The van der Waals surface area contributed by atoms with Crippen LogP contribution >= 0.6 is 11.3 Å². The predicted octanol–water partition coefficient (Wildman–Crippen LogP) is 2.05. The van der Waals surface area contributed by atoms with E-state index in [-0.39, 0.29) is 11.8 Å². The second-order valence-electron chi connectivity index (χ2n) is 5.39. The van der Waals surface area contributed by atoms with Crippen molar-refractivity contribution in [3.05, 3.63) is 64.9 Å². The van der Waals surface area contributed by atoms with Crippen molar-refractivity contribution >= 4 is 28.8 Å². The molecule has 0 aliphatic rings. The summed E-state index contributed by atoms with van der Waals surface area (Å²) in [4.78, 5) is 33.0. The second kappa shape index (κ2) is 7.71. The lowest BCUT2D eigenvalue weighted by Gasteiger charge is -2.06. The number of carbonyl (C=O) groups excluding carboxylic acids is 2. The van der Waals surface area contributed by atoms with E-state index in [4.69, 9.17) is 0 Å². The number of anilines is 1. The maximum Gasteiger partial charge on any atom is 0.279 e. The number of amides is 2. The van der Waals surface area contributed by atoms with Crippen LogP contribution < -0.4 is 10.1 Å². The van der Waals surface area contributed by atoms with Crippen molar-refractivity contribution in [3.8, 4) is 0 Å². The minimum absolute atomic E-state index is 0.125. The van der Waals surface area contributed by atoms with Gasteiger partial charge in [-0.1, -0.05) is 6.07 Å². The molecule has 2 aromatic heterocycles. The van der Waals surface area contributed by atoms with Gasteiger partial charge in [-0.05, 0) is 18.2 Å². The highest BCUT2D eigenvalue weighted by Gasteiger charge is 2.08. The minimum Gasteiger partial charge on any atom is -0.337 e. The topological polar surface area (TPSA) is 81.3 Å². The van der Waals surface area contributed by atoms with Gasteiger partial charge in [-0.15, -0.1) is 11.3 Å². The van der Waals surface area contributed by atoms with E-state index < -0.39 is 0 Å². The van der Waals surface area contributed by atoms with Crippen LogP contribution in [0.1, 0.15) is 16.8 Å². The first-order chi connectivity index (χ1) is 12.1. The van der Waals surface area contributed by atoms with Gasteiger partial charge in [0.1, 0.15) is 0 Å². The Balaban J connectivity index is 1.66. The van der Waals surface area contributed by atoms with Gasteiger partial charge in [0.2, 0.25) is 5.91 Å². The van der Waals surface area contributed by atoms with Gasteiger partial charge in [0.25, 0.3) is 5.91 Å². The normalized spacial score (nSPS) is 11.5. The Morgan fingerprint density at radius 2 is 2.20 bits per heavy atom. The molecule has 7 nitrogen and oxygen atoms in total. The maximum atomic E-state index is 12.3. The van der Waals surface area contributed by atoms with Gasteiger partial charge in [0, 0.05) is 55.2 Å². The molecule has 0 aliphatic heterocycles. The first-order valence-electron chi connectivity index (χ1n) is 7.66. The van der Waals surface area contributed by atoms with Crippen molar-refractivity contribution in [3.63, 3.8) is 0 Å². The Morgan fingerprint density at radius 3 is 2.92 bits per heavy atom. The van der Waals surface area contributed by atoms with Crippen LogP contribution in [0.4, 0.5) is 5.69 Å². The van der Waals surface area contributed by atoms with Crippen LogP contribution in [0.3, 0.4) is 0 Å². The van der Waals surface area contributed by atoms with E-state index in [1.807, 2.05) is 23.2 Å². The molecular formula is C17H17N5O2S. The SMILES string of the molecule is Cn1ccsc1=NC(=O)c1cccc(NC(=O)CCn2ccnc2)c1. The molecule has 0 aliphatic carbocycles. The Hall–Kier alpha value is -3.00. The van der Waals surface area contributed by atoms with Crippen LogP contribution in [0.25, 0.3) is 0 Å². The van der Waals surface area contributed by atoms with Crippen LogP contribution in [0.15, 0.2) is 59.6 Å². The summed E-state index contributed by atoms with van der Waals surface area (Å²) in [5.74, 6) is -0.465. The van der Waals surface area contributed by atoms with Crippen LogP contribution in [-0.2, 0) is 18.4 Å². The van der Waals surface area contributed by atoms with Crippen LogP contribution in [-0.4, -0.2) is 25.9 Å². The highest BCUT2D eigenvalue weighted by Crippen LogP contribution is 2.12. The van der Waals surface area contributed by atoms with Crippen molar-refractivity contribution in [2.75, 3.05) is 5.32 Å². The molecule has 25 heavy (non-hydrogen) atoms. The molecule has 0 bridgehead atoms.